The maximum atomic E-state index is 13.3. The Bertz CT molecular complexity index is 1130. The van der Waals surface area contributed by atoms with E-state index in [0.717, 1.165) is 35.6 Å². The number of aryl methyl sites for hydroxylation is 1. The molecule has 10 nitrogen and oxygen atoms in total. The Morgan fingerprint density at radius 3 is 2.45 bits per heavy atom. The number of rotatable bonds is 11. The van der Waals surface area contributed by atoms with Crippen LogP contribution in [0.15, 0.2) is 30.3 Å². The fourth-order valence-corrected chi connectivity index (χ4v) is 7.45. The monoisotopic (exact) mass is 549 g/mol. The zero-order valence-electron chi connectivity index (χ0n) is 22.8. The van der Waals surface area contributed by atoms with Gasteiger partial charge in [-0.3, -0.25) is 4.79 Å². The molecule has 210 valence electrons. The lowest BCUT2D eigenvalue weighted by atomic mass is 9.43. The number of benzene rings is 1. The van der Waals surface area contributed by atoms with E-state index in [-0.39, 0.29) is 11.5 Å². The molecular weight excluding hydrogens is 509 g/mol. The highest BCUT2D eigenvalue weighted by Crippen LogP contribution is 2.65. The van der Waals surface area contributed by atoms with Crippen molar-refractivity contribution in [1.82, 2.24) is 14.9 Å². The molecule has 12 heteroatoms. The summed E-state index contributed by atoms with van der Waals surface area (Å²) in [5, 5.41) is 14.2. The summed E-state index contributed by atoms with van der Waals surface area (Å²) in [6.07, 6.45) is 2.45. The van der Waals surface area contributed by atoms with Crippen LogP contribution in [-0.4, -0.2) is 80.5 Å². The predicted octanol–water partition coefficient (Wildman–Crippen LogP) is 2.29. The molecule has 6 atom stereocenters. The maximum Gasteiger partial charge on any atom is 0.481 e. The van der Waals surface area contributed by atoms with Gasteiger partial charge in [0.25, 0.3) is 0 Å². The smallest absolute Gasteiger partial charge is 0.465 e. The van der Waals surface area contributed by atoms with Gasteiger partial charge in [-0.15, -0.1) is 0 Å². The number of nitrogens with zero attached hydrogens (tertiary/aromatic N) is 1. The Balaban J connectivity index is 1.51. The highest BCUT2D eigenvalue weighted by atomic mass is 32.2. The summed E-state index contributed by atoms with van der Waals surface area (Å²) in [5.41, 5.74) is 0.849. The first-order valence-electron chi connectivity index (χ1n) is 13.3. The van der Waals surface area contributed by atoms with Gasteiger partial charge in [-0.1, -0.05) is 44.2 Å². The summed E-state index contributed by atoms with van der Waals surface area (Å²) < 4.78 is 39.0. The van der Waals surface area contributed by atoms with Crippen LogP contribution in [0.2, 0.25) is 0 Å². The molecular formula is C26H40BN3O7S. The fourth-order valence-electron chi connectivity index (χ4n) is 6.49. The van der Waals surface area contributed by atoms with Crippen LogP contribution >= 0.6 is 0 Å². The van der Waals surface area contributed by atoms with Gasteiger partial charge in [0.1, 0.15) is 6.04 Å². The Hall–Kier alpha value is -2.15. The van der Waals surface area contributed by atoms with Crippen LogP contribution in [0, 0.1) is 17.3 Å². The van der Waals surface area contributed by atoms with Gasteiger partial charge in [-0.2, -0.15) is 0 Å². The van der Waals surface area contributed by atoms with Crippen molar-refractivity contribution in [3.8, 4) is 0 Å². The van der Waals surface area contributed by atoms with E-state index in [1.807, 2.05) is 30.3 Å². The number of nitrogens with one attached hydrogen (secondary N) is 2. The van der Waals surface area contributed by atoms with Gasteiger partial charge >= 0.3 is 13.2 Å². The molecule has 38 heavy (non-hydrogen) atoms. The van der Waals surface area contributed by atoms with Crippen molar-refractivity contribution in [3.05, 3.63) is 35.9 Å². The third-order valence-corrected chi connectivity index (χ3v) is 10.9. The van der Waals surface area contributed by atoms with Crippen LogP contribution in [0.4, 0.5) is 4.79 Å². The summed E-state index contributed by atoms with van der Waals surface area (Å²) in [6.45, 7) is 6.65. The van der Waals surface area contributed by atoms with Gasteiger partial charge in [0.2, 0.25) is 15.9 Å². The predicted molar refractivity (Wildman–Crippen MR) is 144 cm³/mol. The molecule has 3 saturated carbocycles. The molecule has 1 aliphatic heterocycles. The zero-order chi connectivity index (χ0) is 27.9. The molecule has 3 aliphatic carbocycles. The van der Waals surface area contributed by atoms with Crippen molar-refractivity contribution >= 4 is 29.1 Å². The van der Waals surface area contributed by atoms with Crippen LogP contribution < -0.4 is 10.6 Å². The first-order valence-corrected chi connectivity index (χ1v) is 14.9. The summed E-state index contributed by atoms with van der Waals surface area (Å²) in [6, 6.07) is 8.51. The van der Waals surface area contributed by atoms with E-state index in [2.05, 4.69) is 31.4 Å². The summed E-state index contributed by atoms with van der Waals surface area (Å²) in [4.78, 5) is 24.7. The minimum Gasteiger partial charge on any atom is -0.465 e. The van der Waals surface area contributed by atoms with E-state index >= 15 is 0 Å². The van der Waals surface area contributed by atoms with Crippen molar-refractivity contribution in [2.45, 2.75) is 76.6 Å². The molecule has 1 aromatic carbocycles. The quantitative estimate of drug-likeness (QED) is 0.361. The number of hydrogen-bond acceptors (Lipinski definition) is 6. The van der Waals surface area contributed by atoms with Gasteiger partial charge < -0.3 is 25.0 Å². The lowest BCUT2D eigenvalue weighted by molar-refractivity contribution is -0.199. The molecule has 4 aliphatic rings. The minimum atomic E-state index is -3.85. The summed E-state index contributed by atoms with van der Waals surface area (Å²) in [5.74, 6) is -1.08. The van der Waals surface area contributed by atoms with Crippen molar-refractivity contribution in [3.63, 3.8) is 0 Å². The highest BCUT2D eigenvalue weighted by Gasteiger charge is 2.68. The lowest BCUT2D eigenvalue weighted by Crippen LogP contribution is -2.65. The van der Waals surface area contributed by atoms with Gasteiger partial charge in [0.05, 0.1) is 23.4 Å². The van der Waals surface area contributed by atoms with E-state index in [4.69, 9.17) is 9.31 Å². The molecule has 0 unspecified atom stereocenters. The zero-order valence-corrected chi connectivity index (χ0v) is 23.7. The van der Waals surface area contributed by atoms with Gasteiger partial charge in [-0.25, -0.2) is 17.5 Å². The van der Waals surface area contributed by atoms with Crippen molar-refractivity contribution in [2.75, 3.05) is 19.8 Å². The van der Waals surface area contributed by atoms with E-state index in [9.17, 15) is 23.1 Å². The number of carboxylic acid groups (broad SMARTS) is 1. The average Bonchev–Trinajstić information content (AvgIpc) is 3.20. The number of sulfonamides is 1. The van der Waals surface area contributed by atoms with E-state index in [1.54, 1.807) is 0 Å². The van der Waals surface area contributed by atoms with Crippen LogP contribution in [0.5, 0.6) is 0 Å². The van der Waals surface area contributed by atoms with Crippen molar-refractivity contribution in [1.29, 1.82) is 0 Å². The first-order chi connectivity index (χ1) is 17.7. The maximum absolute atomic E-state index is 13.3. The number of carbonyl (C=O) groups excluding carboxylic acids is 1. The van der Waals surface area contributed by atoms with Gasteiger partial charge in [-0.05, 0) is 61.8 Å². The second-order valence-electron chi connectivity index (χ2n) is 11.9. The molecule has 1 heterocycles. The van der Waals surface area contributed by atoms with E-state index in [1.165, 1.54) is 14.1 Å². The highest BCUT2D eigenvalue weighted by molar-refractivity contribution is 7.89. The molecule has 0 radical (unpaired) electrons. The molecule has 0 aromatic heterocycles. The van der Waals surface area contributed by atoms with Crippen LogP contribution in [-0.2, 0) is 30.5 Å². The van der Waals surface area contributed by atoms with Crippen molar-refractivity contribution in [2.24, 2.45) is 17.3 Å². The molecule has 4 fully saturated rings. The minimum absolute atomic E-state index is 0.0835. The molecule has 1 saturated heterocycles. The number of amides is 2. The third kappa shape index (κ3) is 5.73. The first kappa shape index (κ1) is 28.9. The molecule has 0 spiro atoms. The third-order valence-electron chi connectivity index (χ3n) is 9.00. The Morgan fingerprint density at radius 1 is 1.16 bits per heavy atom. The van der Waals surface area contributed by atoms with Crippen LogP contribution in [0.3, 0.4) is 0 Å². The standard InChI is InChI=1S/C26H40BN3O7S/c1-25(2)18-14-20(25)26(3)21(15-18)36-27(37-26)22(13-9-12-17-10-7-6-8-11-17)29-23(31)19(28-24(32)33)16-38(34,35)30(4)5/h6-8,10-11,18-22,28H,9,12-16H2,1-5H3,(H,29,31)(H,32,33)/t18-,19+,20-,21+,22-,26-/m0/s1. The van der Waals surface area contributed by atoms with E-state index < -0.39 is 52.5 Å². The van der Waals surface area contributed by atoms with Crippen LogP contribution in [0.1, 0.15) is 52.0 Å². The number of hydrogen-bond donors (Lipinski definition) is 3. The molecule has 1 aromatic rings. The fraction of sp³-hybridized carbons (Fsp3) is 0.692. The topological polar surface area (TPSA) is 134 Å². The Kier molecular flexibility index (Phi) is 8.19. The summed E-state index contributed by atoms with van der Waals surface area (Å²) >= 11 is 0. The number of carbonyl (C=O) groups is 2. The molecule has 3 N–H and O–H groups in total. The van der Waals surface area contributed by atoms with Crippen molar-refractivity contribution < 1.29 is 32.4 Å². The molecule has 5 rings (SSSR count). The summed E-state index contributed by atoms with van der Waals surface area (Å²) in [7, 11) is -1.89. The Labute approximate surface area is 226 Å². The second kappa shape index (κ2) is 10.8. The second-order valence-corrected chi connectivity index (χ2v) is 14.1. The largest absolute Gasteiger partial charge is 0.481 e. The molecule has 2 amide bonds. The van der Waals surface area contributed by atoms with Crippen LogP contribution in [0.25, 0.3) is 0 Å². The van der Waals surface area contributed by atoms with Gasteiger partial charge in [0.15, 0.2) is 0 Å². The SMILES string of the molecule is CN(C)S(=O)(=O)C[C@@H](NC(=O)O)C(=O)N[C@@H](CCCc1ccccc1)B1O[C@@H]2C[C@@H]3C[C@@H](C3(C)C)[C@]2(C)O1. The van der Waals surface area contributed by atoms with E-state index in [0.29, 0.717) is 18.3 Å². The van der Waals surface area contributed by atoms with Gasteiger partial charge in [0, 0.05) is 14.1 Å². The Morgan fingerprint density at radius 2 is 1.84 bits per heavy atom. The molecule has 2 bridgehead atoms. The normalized spacial score (nSPS) is 29.2. The average molecular weight is 549 g/mol. The lowest BCUT2D eigenvalue weighted by Gasteiger charge is -2.64.